The summed E-state index contributed by atoms with van der Waals surface area (Å²) in [6.45, 7) is 5.61. The van der Waals surface area contributed by atoms with Crippen LogP contribution in [0.5, 0.6) is 11.5 Å². The maximum Gasteiger partial charge on any atom is 0.420 e. The van der Waals surface area contributed by atoms with Gasteiger partial charge in [0.25, 0.3) is 0 Å². The van der Waals surface area contributed by atoms with Gasteiger partial charge in [-0.1, -0.05) is 19.9 Å². The van der Waals surface area contributed by atoms with Gasteiger partial charge in [0, 0.05) is 23.5 Å². The zero-order valence-electron chi connectivity index (χ0n) is 16.4. The Labute approximate surface area is 166 Å². The van der Waals surface area contributed by atoms with Gasteiger partial charge in [-0.25, -0.2) is 0 Å². The van der Waals surface area contributed by atoms with Crippen LogP contribution in [0.3, 0.4) is 0 Å². The van der Waals surface area contributed by atoms with E-state index in [1.807, 2.05) is 20.0 Å². The summed E-state index contributed by atoms with van der Waals surface area (Å²) in [5, 5.41) is 9.71. The molecule has 0 unspecified atom stereocenters. The quantitative estimate of drug-likeness (QED) is 0.497. The van der Waals surface area contributed by atoms with Gasteiger partial charge in [0.1, 0.15) is 11.5 Å². The van der Waals surface area contributed by atoms with Crippen molar-refractivity contribution in [1.82, 2.24) is 4.98 Å². The number of halogens is 3. The van der Waals surface area contributed by atoms with E-state index in [-0.39, 0.29) is 24.5 Å². The maximum absolute atomic E-state index is 13.7. The average molecular weight is 405 g/mol. The zero-order valence-corrected chi connectivity index (χ0v) is 16.4. The largest absolute Gasteiger partial charge is 0.481 e. The lowest BCUT2D eigenvalue weighted by Crippen LogP contribution is -2.10. The van der Waals surface area contributed by atoms with E-state index in [0.717, 1.165) is 22.5 Å². The normalized spacial score (nSPS) is 12.0. The first-order valence-corrected chi connectivity index (χ1v) is 9.27. The van der Waals surface area contributed by atoms with Crippen molar-refractivity contribution in [1.29, 1.82) is 0 Å². The number of ether oxygens (including phenoxy) is 1. The highest BCUT2D eigenvalue weighted by Gasteiger charge is 2.36. The van der Waals surface area contributed by atoms with Crippen LogP contribution in [-0.4, -0.2) is 16.1 Å². The van der Waals surface area contributed by atoms with Crippen molar-refractivity contribution < 1.29 is 27.8 Å². The number of aryl methyl sites for hydroxylation is 2. The van der Waals surface area contributed by atoms with Crippen molar-refractivity contribution in [3.8, 4) is 11.5 Å². The molecule has 0 spiro atoms. The molecule has 4 nitrogen and oxygen atoms in total. The number of benzene rings is 2. The van der Waals surface area contributed by atoms with Crippen LogP contribution in [0.4, 0.5) is 13.2 Å². The molecular weight excluding hydrogens is 383 g/mol. The molecule has 0 bridgehead atoms. The van der Waals surface area contributed by atoms with Crippen LogP contribution in [0.1, 0.15) is 48.4 Å². The molecule has 2 aromatic carbocycles. The van der Waals surface area contributed by atoms with Gasteiger partial charge in [0.05, 0.1) is 5.56 Å². The Morgan fingerprint density at radius 3 is 2.55 bits per heavy atom. The molecule has 0 saturated heterocycles. The molecule has 0 fully saturated rings. The second-order valence-electron chi connectivity index (χ2n) is 7.39. The standard InChI is InChI=1S/C22H22F3NO3/c1-12(2)17-11-26-19-6-5-15(10-16(17)19)29-21-13(3)8-14(4-7-20(27)28)9-18(21)22(23,24)25/h5-6,8-12,26H,4,7H2,1-3H3,(H,27,28). The number of alkyl halides is 3. The second kappa shape index (κ2) is 7.81. The van der Waals surface area contributed by atoms with Crippen molar-refractivity contribution in [3.63, 3.8) is 0 Å². The molecule has 7 heteroatoms. The number of H-pyrrole nitrogens is 1. The minimum Gasteiger partial charge on any atom is -0.481 e. The predicted octanol–water partition coefficient (Wildman–Crippen LogP) is 6.43. The first kappa shape index (κ1) is 20.8. The van der Waals surface area contributed by atoms with Gasteiger partial charge in [0.15, 0.2) is 0 Å². The highest BCUT2D eigenvalue weighted by atomic mass is 19.4. The number of aromatic nitrogens is 1. The Morgan fingerprint density at radius 1 is 1.21 bits per heavy atom. The Morgan fingerprint density at radius 2 is 1.93 bits per heavy atom. The molecule has 0 amide bonds. The summed E-state index contributed by atoms with van der Waals surface area (Å²) in [5.74, 6) is -0.763. The third kappa shape index (κ3) is 4.55. The Balaban J connectivity index is 2.02. The lowest BCUT2D eigenvalue weighted by molar-refractivity contribution is -0.138. The van der Waals surface area contributed by atoms with Gasteiger partial charge in [-0.2, -0.15) is 13.2 Å². The summed E-state index contributed by atoms with van der Waals surface area (Å²) < 4.78 is 46.8. The number of aliphatic carboxylic acids is 1. The molecule has 0 atom stereocenters. The smallest absolute Gasteiger partial charge is 0.420 e. The summed E-state index contributed by atoms with van der Waals surface area (Å²) >= 11 is 0. The van der Waals surface area contributed by atoms with E-state index >= 15 is 0 Å². The third-order valence-corrected chi connectivity index (χ3v) is 4.79. The molecular formula is C22H22F3NO3. The van der Waals surface area contributed by atoms with Gasteiger partial charge in [0.2, 0.25) is 0 Å². The summed E-state index contributed by atoms with van der Waals surface area (Å²) in [5.41, 5.74) is 1.66. The Kier molecular flexibility index (Phi) is 5.59. The van der Waals surface area contributed by atoms with Crippen molar-refractivity contribution in [2.75, 3.05) is 0 Å². The monoisotopic (exact) mass is 405 g/mol. The van der Waals surface area contributed by atoms with Crippen LogP contribution in [0.2, 0.25) is 0 Å². The number of carboxylic acid groups (broad SMARTS) is 1. The molecule has 3 rings (SSSR count). The Hall–Kier alpha value is -2.96. The fourth-order valence-corrected chi connectivity index (χ4v) is 3.37. The zero-order chi connectivity index (χ0) is 21.3. The average Bonchev–Trinajstić information content (AvgIpc) is 3.04. The van der Waals surface area contributed by atoms with Crippen LogP contribution in [0, 0.1) is 6.92 Å². The number of carboxylic acids is 1. The number of rotatable bonds is 6. The first-order chi connectivity index (χ1) is 13.6. The molecule has 1 aromatic heterocycles. The number of hydrogen-bond acceptors (Lipinski definition) is 2. The minimum absolute atomic E-state index is 0.0204. The van der Waals surface area contributed by atoms with E-state index in [0.29, 0.717) is 16.9 Å². The van der Waals surface area contributed by atoms with Crippen LogP contribution in [0.25, 0.3) is 10.9 Å². The van der Waals surface area contributed by atoms with E-state index < -0.39 is 17.7 Å². The summed E-state index contributed by atoms with van der Waals surface area (Å²) in [4.78, 5) is 13.9. The SMILES string of the molecule is Cc1cc(CCC(=O)O)cc(C(F)(F)F)c1Oc1ccc2[nH]cc(C(C)C)c2c1. The molecule has 0 saturated carbocycles. The second-order valence-corrected chi connectivity index (χ2v) is 7.39. The van der Waals surface area contributed by atoms with Gasteiger partial charge in [-0.05, 0) is 60.2 Å². The summed E-state index contributed by atoms with van der Waals surface area (Å²) in [6, 6.07) is 7.65. The number of fused-ring (bicyclic) bond motifs is 1. The molecule has 3 aromatic rings. The van der Waals surface area contributed by atoms with Crippen LogP contribution < -0.4 is 4.74 Å². The van der Waals surface area contributed by atoms with Gasteiger partial charge in [-0.15, -0.1) is 0 Å². The van der Waals surface area contributed by atoms with Crippen LogP contribution in [-0.2, 0) is 17.4 Å². The molecule has 0 radical (unpaired) electrons. The highest BCUT2D eigenvalue weighted by Crippen LogP contribution is 2.41. The molecule has 29 heavy (non-hydrogen) atoms. The number of nitrogens with one attached hydrogen (secondary N) is 1. The molecule has 0 aliphatic carbocycles. The highest BCUT2D eigenvalue weighted by molar-refractivity contribution is 5.85. The van der Waals surface area contributed by atoms with Crippen molar-refractivity contribution in [2.24, 2.45) is 0 Å². The minimum atomic E-state index is -4.62. The van der Waals surface area contributed by atoms with Crippen LogP contribution in [0.15, 0.2) is 36.5 Å². The maximum atomic E-state index is 13.7. The predicted molar refractivity (Wildman–Crippen MR) is 105 cm³/mol. The lowest BCUT2D eigenvalue weighted by atomic mass is 10.0. The van der Waals surface area contributed by atoms with E-state index in [4.69, 9.17) is 9.84 Å². The van der Waals surface area contributed by atoms with E-state index in [9.17, 15) is 18.0 Å². The van der Waals surface area contributed by atoms with E-state index in [1.54, 1.807) is 24.3 Å². The van der Waals surface area contributed by atoms with Crippen molar-refractivity contribution in [2.45, 2.75) is 45.7 Å². The molecule has 0 aliphatic heterocycles. The number of carbonyl (C=O) groups is 1. The fourth-order valence-electron chi connectivity index (χ4n) is 3.37. The first-order valence-electron chi connectivity index (χ1n) is 9.27. The van der Waals surface area contributed by atoms with Crippen LogP contribution >= 0.6 is 0 Å². The van der Waals surface area contributed by atoms with Crippen molar-refractivity contribution in [3.05, 3.63) is 58.8 Å². The lowest BCUT2D eigenvalue weighted by Gasteiger charge is -2.18. The third-order valence-electron chi connectivity index (χ3n) is 4.79. The molecule has 154 valence electrons. The Bertz CT molecular complexity index is 1050. The molecule has 2 N–H and O–H groups in total. The summed E-state index contributed by atoms with van der Waals surface area (Å²) in [6.07, 6.45) is -2.95. The topological polar surface area (TPSA) is 62.3 Å². The summed E-state index contributed by atoms with van der Waals surface area (Å²) in [7, 11) is 0. The van der Waals surface area contributed by atoms with Gasteiger partial charge < -0.3 is 14.8 Å². The van der Waals surface area contributed by atoms with Crippen molar-refractivity contribution >= 4 is 16.9 Å². The number of aromatic amines is 1. The molecule has 0 aliphatic rings. The van der Waals surface area contributed by atoms with E-state index in [2.05, 4.69) is 4.98 Å². The molecule has 1 heterocycles. The fraction of sp³-hybridized carbons (Fsp3) is 0.318. The number of hydrogen-bond donors (Lipinski definition) is 2. The van der Waals surface area contributed by atoms with Gasteiger partial charge >= 0.3 is 12.1 Å². The van der Waals surface area contributed by atoms with Gasteiger partial charge in [-0.3, -0.25) is 4.79 Å². The van der Waals surface area contributed by atoms with E-state index in [1.165, 1.54) is 6.92 Å².